The van der Waals surface area contributed by atoms with E-state index in [0.717, 1.165) is 16.6 Å². The molecule has 4 nitrogen and oxygen atoms in total. The van der Waals surface area contributed by atoms with Crippen LogP contribution in [0.2, 0.25) is 0 Å². The Hall–Kier alpha value is -3.06. The lowest BCUT2D eigenvalue weighted by Crippen LogP contribution is -2.05. The van der Waals surface area contributed by atoms with Crippen molar-refractivity contribution >= 4 is 16.9 Å². The van der Waals surface area contributed by atoms with Gasteiger partial charge >= 0.3 is 5.97 Å². The molecule has 0 N–H and O–H groups in total. The highest BCUT2D eigenvalue weighted by Gasteiger charge is 2.09. The molecule has 0 aliphatic heterocycles. The molecule has 0 saturated carbocycles. The molecule has 1 heterocycles. The molecule has 2 aromatic carbocycles. The normalized spacial score (nSPS) is 10.4. The number of nitrogens with zero attached hydrogens (tertiary/aromatic N) is 2. The van der Waals surface area contributed by atoms with Crippen molar-refractivity contribution in [2.75, 3.05) is 6.61 Å². The molecule has 4 heteroatoms. The predicted octanol–water partition coefficient (Wildman–Crippen LogP) is 3.68. The molecule has 0 fully saturated rings. The second kappa shape index (κ2) is 5.74. The number of carbonyl (C=O) groups excluding carboxylic acids is 1. The maximum atomic E-state index is 11.8. The van der Waals surface area contributed by atoms with E-state index in [9.17, 15) is 4.79 Å². The molecule has 1 aromatic heterocycles. The number of rotatable bonds is 3. The lowest BCUT2D eigenvalue weighted by atomic mass is 10.1. The fraction of sp³-hybridized carbons (Fsp3) is 0.111. The zero-order chi connectivity index (χ0) is 15.5. The number of nitriles is 1. The summed E-state index contributed by atoms with van der Waals surface area (Å²) in [7, 11) is 0. The zero-order valence-electron chi connectivity index (χ0n) is 12.1. The first kappa shape index (κ1) is 13.9. The molecule has 3 aromatic rings. The van der Waals surface area contributed by atoms with Crippen LogP contribution in [0.5, 0.6) is 0 Å². The van der Waals surface area contributed by atoms with Crippen molar-refractivity contribution in [2.24, 2.45) is 0 Å². The molecule has 0 atom stereocenters. The smallest absolute Gasteiger partial charge is 0.338 e. The Morgan fingerprint density at radius 3 is 2.86 bits per heavy atom. The van der Waals surface area contributed by atoms with Gasteiger partial charge in [0, 0.05) is 17.3 Å². The standard InChI is InChI=1S/C18H14N2O2/c1-2-22-18(21)15-4-3-5-16(11-15)20-9-8-14-10-13(12-19)6-7-17(14)20/h3-11H,2H2,1H3. The minimum Gasteiger partial charge on any atom is -0.462 e. The zero-order valence-corrected chi connectivity index (χ0v) is 12.1. The first-order valence-corrected chi connectivity index (χ1v) is 7.01. The summed E-state index contributed by atoms with van der Waals surface area (Å²) in [4.78, 5) is 11.8. The summed E-state index contributed by atoms with van der Waals surface area (Å²) in [6.45, 7) is 2.14. The Balaban J connectivity index is 2.06. The Kier molecular flexibility index (Phi) is 3.63. The van der Waals surface area contributed by atoms with Crippen LogP contribution < -0.4 is 0 Å². The van der Waals surface area contributed by atoms with Crippen molar-refractivity contribution in [1.29, 1.82) is 5.26 Å². The number of esters is 1. The van der Waals surface area contributed by atoms with Crippen LogP contribution in [0.4, 0.5) is 0 Å². The first-order valence-electron chi connectivity index (χ1n) is 7.01. The number of aromatic nitrogens is 1. The van der Waals surface area contributed by atoms with Crippen LogP contribution in [0.3, 0.4) is 0 Å². The minimum absolute atomic E-state index is 0.326. The van der Waals surface area contributed by atoms with Crippen LogP contribution in [0, 0.1) is 11.3 Å². The van der Waals surface area contributed by atoms with Crippen molar-refractivity contribution in [1.82, 2.24) is 4.57 Å². The van der Waals surface area contributed by atoms with Gasteiger partial charge in [-0.3, -0.25) is 0 Å². The van der Waals surface area contributed by atoms with Crippen LogP contribution in [0.1, 0.15) is 22.8 Å². The molecule has 0 saturated heterocycles. The number of ether oxygens (including phenoxy) is 1. The molecule has 22 heavy (non-hydrogen) atoms. The molecule has 0 amide bonds. The molecule has 0 radical (unpaired) electrons. The van der Waals surface area contributed by atoms with Gasteiger partial charge < -0.3 is 9.30 Å². The van der Waals surface area contributed by atoms with E-state index in [-0.39, 0.29) is 5.97 Å². The summed E-state index contributed by atoms with van der Waals surface area (Å²) in [6.07, 6.45) is 1.93. The van der Waals surface area contributed by atoms with Gasteiger partial charge in [0.05, 0.1) is 29.3 Å². The van der Waals surface area contributed by atoms with E-state index in [1.54, 1.807) is 25.1 Å². The summed E-state index contributed by atoms with van der Waals surface area (Å²) < 4.78 is 7.02. The molecule has 0 spiro atoms. The Labute approximate surface area is 128 Å². The highest BCUT2D eigenvalue weighted by atomic mass is 16.5. The van der Waals surface area contributed by atoms with E-state index in [4.69, 9.17) is 10.00 Å². The van der Waals surface area contributed by atoms with Crippen molar-refractivity contribution in [3.05, 3.63) is 65.9 Å². The number of carbonyl (C=O) groups is 1. The van der Waals surface area contributed by atoms with Crippen molar-refractivity contribution in [2.45, 2.75) is 6.92 Å². The van der Waals surface area contributed by atoms with Crippen LogP contribution in [0.15, 0.2) is 54.7 Å². The molecular weight excluding hydrogens is 276 g/mol. The Morgan fingerprint density at radius 1 is 1.23 bits per heavy atom. The van der Waals surface area contributed by atoms with Gasteiger partial charge in [0.2, 0.25) is 0 Å². The SMILES string of the molecule is CCOC(=O)c1cccc(-n2ccc3cc(C#N)ccc32)c1. The molecule has 3 rings (SSSR count). The van der Waals surface area contributed by atoms with Gasteiger partial charge in [-0.1, -0.05) is 6.07 Å². The van der Waals surface area contributed by atoms with E-state index in [0.29, 0.717) is 17.7 Å². The van der Waals surface area contributed by atoms with Gasteiger partial charge in [-0.2, -0.15) is 5.26 Å². The topological polar surface area (TPSA) is 55.0 Å². The average molecular weight is 290 g/mol. The average Bonchev–Trinajstić information content (AvgIpc) is 2.98. The van der Waals surface area contributed by atoms with E-state index in [2.05, 4.69) is 6.07 Å². The summed E-state index contributed by atoms with van der Waals surface area (Å²) in [5.74, 6) is -0.326. The summed E-state index contributed by atoms with van der Waals surface area (Å²) in [5, 5.41) is 9.95. The summed E-state index contributed by atoms with van der Waals surface area (Å²) >= 11 is 0. The maximum Gasteiger partial charge on any atom is 0.338 e. The van der Waals surface area contributed by atoms with Gasteiger partial charge in [0.15, 0.2) is 0 Å². The maximum absolute atomic E-state index is 11.8. The predicted molar refractivity (Wildman–Crippen MR) is 83.9 cm³/mol. The van der Waals surface area contributed by atoms with Crippen molar-refractivity contribution in [3.8, 4) is 11.8 Å². The fourth-order valence-corrected chi connectivity index (χ4v) is 2.43. The third kappa shape index (κ3) is 2.45. The largest absolute Gasteiger partial charge is 0.462 e. The van der Waals surface area contributed by atoms with Gasteiger partial charge in [-0.05, 0) is 49.4 Å². The lowest BCUT2D eigenvalue weighted by molar-refractivity contribution is 0.0526. The second-order valence-corrected chi connectivity index (χ2v) is 4.84. The van der Waals surface area contributed by atoms with Crippen LogP contribution in [-0.4, -0.2) is 17.1 Å². The lowest BCUT2D eigenvalue weighted by Gasteiger charge is -2.08. The second-order valence-electron chi connectivity index (χ2n) is 4.84. The first-order chi connectivity index (χ1) is 10.7. The van der Waals surface area contributed by atoms with Gasteiger partial charge in [0.1, 0.15) is 0 Å². The molecule has 108 valence electrons. The number of fused-ring (bicyclic) bond motifs is 1. The monoisotopic (exact) mass is 290 g/mol. The fourth-order valence-electron chi connectivity index (χ4n) is 2.43. The Bertz CT molecular complexity index is 887. The number of hydrogen-bond acceptors (Lipinski definition) is 3. The van der Waals surface area contributed by atoms with Crippen molar-refractivity contribution < 1.29 is 9.53 Å². The van der Waals surface area contributed by atoms with Crippen LogP contribution in [-0.2, 0) is 4.74 Å². The van der Waals surface area contributed by atoms with Crippen molar-refractivity contribution in [3.63, 3.8) is 0 Å². The third-order valence-corrected chi connectivity index (χ3v) is 3.45. The van der Waals surface area contributed by atoms with Crippen LogP contribution in [0.25, 0.3) is 16.6 Å². The summed E-state index contributed by atoms with van der Waals surface area (Å²) in [5.41, 5.74) is 3.02. The molecule has 0 bridgehead atoms. The van der Waals surface area contributed by atoms with Gasteiger partial charge in [0.25, 0.3) is 0 Å². The molecular formula is C18H14N2O2. The van der Waals surface area contributed by atoms with Crippen LogP contribution >= 0.6 is 0 Å². The minimum atomic E-state index is -0.326. The van der Waals surface area contributed by atoms with Gasteiger partial charge in [-0.15, -0.1) is 0 Å². The summed E-state index contributed by atoms with van der Waals surface area (Å²) in [6, 6.07) is 16.9. The number of hydrogen-bond donors (Lipinski definition) is 0. The van der Waals surface area contributed by atoms with E-state index >= 15 is 0 Å². The highest BCUT2D eigenvalue weighted by Crippen LogP contribution is 2.22. The quantitative estimate of drug-likeness (QED) is 0.691. The highest BCUT2D eigenvalue weighted by molar-refractivity contribution is 5.90. The van der Waals surface area contributed by atoms with E-state index in [1.807, 2.05) is 41.1 Å². The third-order valence-electron chi connectivity index (χ3n) is 3.45. The number of benzene rings is 2. The van der Waals surface area contributed by atoms with Gasteiger partial charge in [-0.25, -0.2) is 4.79 Å². The Morgan fingerprint density at radius 2 is 2.09 bits per heavy atom. The van der Waals surface area contributed by atoms with E-state index in [1.165, 1.54) is 0 Å². The van der Waals surface area contributed by atoms with E-state index < -0.39 is 0 Å². The molecule has 0 aliphatic carbocycles. The molecule has 0 aliphatic rings. The molecule has 0 unspecified atom stereocenters.